The average molecular weight is 334 g/mol. The summed E-state index contributed by atoms with van der Waals surface area (Å²) in [5.41, 5.74) is 1.78. The first-order valence-corrected chi connectivity index (χ1v) is 7.80. The van der Waals surface area contributed by atoms with E-state index in [1.807, 2.05) is 35.0 Å². The smallest absolute Gasteiger partial charge is 0.253 e. The van der Waals surface area contributed by atoms with Crippen molar-refractivity contribution in [3.05, 3.63) is 40.6 Å². The van der Waals surface area contributed by atoms with E-state index in [0.717, 1.165) is 28.9 Å². The number of carbonyl (C=O) groups excluding carboxylic acids is 1. The predicted octanol–water partition coefficient (Wildman–Crippen LogP) is 2.18. The molecule has 2 N–H and O–H groups in total. The van der Waals surface area contributed by atoms with Crippen LogP contribution in [0.4, 0.5) is 0 Å². The van der Waals surface area contributed by atoms with Gasteiger partial charge in [-0.25, -0.2) is 0 Å². The monoisotopic (exact) mass is 333 g/mol. The summed E-state index contributed by atoms with van der Waals surface area (Å²) in [5, 5.41) is 6.64. The summed E-state index contributed by atoms with van der Waals surface area (Å²) in [6.45, 7) is 1.11. The molecule has 0 radical (unpaired) electrons. The van der Waals surface area contributed by atoms with E-state index in [9.17, 15) is 4.79 Å². The quantitative estimate of drug-likeness (QED) is 0.884. The molecule has 2 fully saturated rings. The van der Waals surface area contributed by atoms with Gasteiger partial charge in [0.25, 0.3) is 5.91 Å². The molecule has 20 heavy (non-hydrogen) atoms. The van der Waals surface area contributed by atoms with Crippen molar-refractivity contribution >= 4 is 27.4 Å². The molecule has 2 bridgehead atoms. The van der Waals surface area contributed by atoms with Gasteiger partial charge in [-0.3, -0.25) is 4.79 Å². The summed E-state index contributed by atoms with van der Waals surface area (Å²) in [7, 11) is 0. The Morgan fingerprint density at radius 1 is 1.35 bits per heavy atom. The lowest BCUT2D eigenvalue weighted by molar-refractivity contribution is 0.0928. The molecule has 3 heterocycles. The van der Waals surface area contributed by atoms with Crippen LogP contribution in [0, 0.1) is 5.92 Å². The number of piperidine rings is 1. The van der Waals surface area contributed by atoms with Gasteiger partial charge in [-0.05, 0) is 59.4 Å². The highest BCUT2D eigenvalue weighted by Crippen LogP contribution is 2.31. The second-order valence-electron chi connectivity index (χ2n) is 5.81. The van der Waals surface area contributed by atoms with E-state index in [1.165, 1.54) is 6.42 Å². The fourth-order valence-electron chi connectivity index (χ4n) is 3.47. The normalized spacial score (nSPS) is 28.1. The molecule has 3 unspecified atom stereocenters. The molecule has 1 aliphatic heterocycles. The van der Waals surface area contributed by atoms with Crippen molar-refractivity contribution in [2.45, 2.75) is 24.9 Å². The third-order valence-corrected chi connectivity index (χ3v) is 5.18. The number of hydrogen-bond acceptors (Lipinski definition) is 2. The van der Waals surface area contributed by atoms with Crippen LogP contribution in [0.5, 0.6) is 0 Å². The lowest BCUT2D eigenvalue weighted by atomic mass is 10.1. The van der Waals surface area contributed by atoms with Crippen molar-refractivity contribution in [3.8, 4) is 0 Å². The summed E-state index contributed by atoms with van der Waals surface area (Å²) in [6.07, 6.45) is 6.15. The minimum Gasteiger partial charge on any atom is -0.348 e. The first-order valence-electron chi connectivity index (χ1n) is 7.01. The van der Waals surface area contributed by atoms with Crippen molar-refractivity contribution in [3.63, 3.8) is 0 Å². The minimum atomic E-state index is 0.0241. The predicted molar refractivity (Wildman–Crippen MR) is 80.9 cm³/mol. The third kappa shape index (κ3) is 1.96. The minimum absolute atomic E-state index is 0.0241. The topological polar surface area (TPSA) is 45.5 Å². The Labute approximate surface area is 125 Å². The van der Waals surface area contributed by atoms with Crippen LogP contribution < -0.4 is 10.6 Å². The molecule has 0 aromatic carbocycles. The van der Waals surface area contributed by atoms with Crippen molar-refractivity contribution in [1.82, 2.24) is 15.0 Å². The fraction of sp³-hybridized carbons (Fsp3) is 0.400. The summed E-state index contributed by atoms with van der Waals surface area (Å²) >= 11 is 3.49. The number of nitrogens with one attached hydrogen (secondary N) is 2. The maximum atomic E-state index is 12.4. The van der Waals surface area contributed by atoms with Gasteiger partial charge >= 0.3 is 0 Å². The number of aromatic nitrogens is 1. The second-order valence-corrected chi connectivity index (χ2v) is 6.66. The second kappa shape index (κ2) is 4.60. The van der Waals surface area contributed by atoms with Crippen LogP contribution in [-0.2, 0) is 0 Å². The van der Waals surface area contributed by atoms with Crippen LogP contribution >= 0.6 is 15.9 Å². The number of rotatable bonds is 2. The van der Waals surface area contributed by atoms with E-state index in [1.54, 1.807) is 0 Å². The molecule has 5 heteroatoms. The van der Waals surface area contributed by atoms with Gasteiger partial charge in [0.1, 0.15) is 0 Å². The van der Waals surface area contributed by atoms with E-state index >= 15 is 0 Å². The number of halogens is 1. The largest absolute Gasteiger partial charge is 0.348 e. The van der Waals surface area contributed by atoms with Gasteiger partial charge in [0.2, 0.25) is 0 Å². The molecule has 1 aliphatic carbocycles. The number of fused-ring (bicyclic) bond motifs is 3. The maximum Gasteiger partial charge on any atom is 0.253 e. The Hall–Kier alpha value is -1.33. The zero-order chi connectivity index (χ0) is 13.7. The molecular formula is C15H16BrN3O. The SMILES string of the molecule is O=C(NC1CC2CNC1C2)c1ccc2c(Br)ccn2c1. The molecule has 2 aromatic heterocycles. The Morgan fingerprint density at radius 2 is 2.25 bits per heavy atom. The summed E-state index contributed by atoms with van der Waals surface area (Å²) in [4.78, 5) is 12.4. The van der Waals surface area contributed by atoms with Crippen LogP contribution in [0.25, 0.3) is 5.52 Å². The molecule has 1 amide bonds. The molecule has 1 saturated carbocycles. The number of amides is 1. The van der Waals surface area contributed by atoms with Crippen molar-refractivity contribution in [2.75, 3.05) is 6.54 Å². The molecule has 0 spiro atoms. The molecule has 104 valence electrons. The number of carbonyl (C=O) groups is 1. The van der Waals surface area contributed by atoms with E-state index in [-0.39, 0.29) is 11.9 Å². The molecule has 1 saturated heterocycles. The summed E-state index contributed by atoms with van der Waals surface area (Å²) < 4.78 is 3.01. The number of hydrogen-bond donors (Lipinski definition) is 2. The standard InChI is InChI=1S/C15H16BrN3O/c16-11-3-4-19-8-10(1-2-14(11)19)15(20)18-13-6-9-5-12(13)17-7-9/h1-4,8-9,12-13,17H,5-7H2,(H,18,20). The van der Waals surface area contributed by atoms with E-state index in [2.05, 4.69) is 26.6 Å². The van der Waals surface area contributed by atoms with Gasteiger partial charge in [0.05, 0.1) is 11.1 Å². The van der Waals surface area contributed by atoms with Gasteiger partial charge in [-0.2, -0.15) is 0 Å². The lowest BCUT2D eigenvalue weighted by Gasteiger charge is -2.24. The van der Waals surface area contributed by atoms with Crippen LogP contribution in [0.15, 0.2) is 35.1 Å². The molecule has 3 atom stereocenters. The summed E-state index contributed by atoms with van der Waals surface area (Å²) in [5.74, 6) is 0.768. The molecule has 4 rings (SSSR count). The fourth-order valence-corrected chi connectivity index (χ4v) is 3.93. The van der Waals surface area contributed by atoms with Gasteiger partial charge < -0.3 is 15.0 Å². The number of pyridine rings is 1. The van der Waals surface area contributed by atoms with Gasteiger partial charge in [0.15, 0.2) is 0 Å². The molecule has 4 nitrogen and oxygen atoms in total. The highest BCUT2D eigenvalue weighted by Gasteiger charge is 2.40. The van der Waals surface area contributed by atoms with Crippen molar-refractivity contribution in [1.29, 1.82) is 0 Å². The third-order valence-electron chi connectivity index (χ3n) is 4.51. The first kappa shape index (κ1) is 12.4. The summed E-state index contributed by atoms with van der Waals surface area (Å²) in [6, 6.07) is 6.59. The number of nitrogens with zero attached hydrogens (tertiary/aromatic N) is 1. The van der Waals surface area contributed by atoms with Crippen molar-refractivity contribution in [2.24, 2.45) is 5.92 Å². The Bertz CT molecular complexity index is 681. The Balaban J connectivity index is 1.54. The molecule has 2 aliphatic rings. The Morgan fingerprint density at radius 3 is 3.00 bits per heavy atom. The zero-order valence-electron chi connectivity index (χ0n) is 11.0. The average Bonchev–Trinajstić information content (AvgIpc) is 3.14. The van der Waals surface area contributed by atoms with Crippen molar-refractivity contribution < 1.29 is 4.79 Å². The Kier molecular flexibility index (Phi) is 2.86. The highest BCUT2D eigenvalue weighted by molar-refractivity contribution is 9.10. The van der Waals surface area contributed by atoms with Crippen LogP contribution in [-0.4, -0.2) is 28.9 Å². The van der Waals surface area contributed by atoms with Gasteiger partial charge in [0, 0.05) is 29.0 Å². The van der Waals surface area contributed by atoms with Gasteiger partial charge in [-0.1, -0.05) is 0 Å². The van der Waals surface area contributed by atoms with Crippen LogP contribution in [0.1, 0.15) is 23.2 Å². The van der Waals surface area contributed by atoms with E-state index < -0.39 is 0 Å². The van der Waals surface area contributed by atoms with Crippen LogP contribution in [0.3, 0.4) is 0 Å². The van der Waals surface area contributed by atoms with Crippen LogP contribution in [0.2, 0.25) is 0 Å². The lowest BCUT2D eigenvalue weighted by Crippen LogP contribution is -2.47. The van der Waals surface area contributed by atoms with E-state index in [4.69, 9.17) is 0 Å². The first-order chi connectivity index (χ1) is 9.70. The molecule has 2 aromatic rings. The van der Waals surface area contributed by atoms with Gasteiger partial charge in [-0.15, -0.1) is 0 Å². The molecular weight excluding hydrogens is 318 g/mol. The highest BCUT2D eigenvalue weighted by atomic mass is 79.9. The zero-order valence-corrected chi connectivity index (χ0v) is 12.6. The van der Waals surface area contributed by atoms with E-state index in [0.29, 0.717) is 11.6 Å². The maximum absolute atomic E-state index is 12.4.